The zero-order valence-corrected chi connectivity index (χ0v) is 14.8. The molecule has 26 heavy (non-hydrogen) atoms. The maximum absolute atomic E-state index is 13.0. The van der Waals surface area contributed by atoms with Gasteiger partial charge in [-0.05, 0) is 54.2 Å². The number of carbonyl (C=O) groups is 1. The van der Waals surface area contributed by atoms with Gasteiger partial charge in [-0.25, -0.2) is 0 Å². The van der Waals surface area contributed by atoms with Crippen LogP contribution in [0.5, 0.6) is 5.75 Å². The summed E-state index contributed by atoms with van der Waals surface area (Å²) in [4.78, 5) is 16.5. The van der Waals surface area contributed by atoms with Gasteiger partial charge < -0.3 is 9.64 Å². The molecule has 2 aromatic carbocycles. The van der Waals surface area contributed by atoms with E-state index >= 15 is 0 Å². The van der Waals surface area contributed by atoms with Crippen LogP contribution in [0.4, 0.5) is 5.69 Å². The quantitative estimate of drug-likeness (QED) is 0.800. The summed E-state index contributed by atoms with van der Waals surface area (Å²) < 4.78 is 5.24. The highest BCUT2D eigenvalue weighted by molar-refractivity contribution is 6.00. The van der Waals surface area contributed by atoms with Gasteiger partial charge in [0.25, 0.3) is 0 Å². The Bertz CT molecular complexity index is 870. The molecular formula is C21H21N3O2. The molecule has 0 saturated carbocycles. The lowest BCUT2D eigenvalue weighted by Crippen LogP contribution is -2.43. The van der Waals surface area contributed by atoms with Gasteiger partial charge in [-0.3, -0.25) is 9.69 Å². The maximum atomic E-state index is 13.0. The minimum absolute atomic E-state index is 0.0506. The molecule has 5 nitrogen and oxygen atoms in total. The highest BCUT2D eigenvalue weighted by atomic mass is 16.5. The Morgan fingerprint density at radius 1 is 1.19 bits per heavy atom. The monoisotopic (exact) mass is 347 g/mol. The van der Waals surface area contributed by atoms with Crippen LogP contribution in [-0.2, 0) is 11.2 Å². The van der Waals surface area contributed by atoms with Crippen molar-refractivity contribution in [3.05, 3.63) is 48.0 Å². The minimum Gasteiger partial charge on any atom is -0.497 e. The number of methoxy groups -OCH3 is 1. The van der Waals surface area contributed by atoms with Gasteiger partial charge in [0.05, 0.1) is 7.11 Å². The summed E-state index contributed by atoms with van der Waals surface area (Å²) >= 11 is 0. The summed E-state index contributed by atoms with van der Waals surface area (Å²) in [5, 5.41) is 9.25. The molecule has 2 aliphatic heterocycles. The Balaban J connectivity index is 1.65. The average molecular weight is 347 g/mol. The van der Waals surface area contributed by atoms with Gasteiger partial charge in [-0.15, -0.1) is 0 Å². The van der Waals surface area contributed by atoms with Crippen LogP contribution in [0, 0.1) is 11.5 Å². The first kappa shape index (κ1) is 16.5. The first-order valence-electron chi connectivity index (χ1n) is 8.97. The smallest absolute Gasteiger partial charge is 0.250 e. The van der Waals surface area contributed by atoms with Crippen LogP contribution in [0.25, 0.3) is 11.1 Å². The number of rotatable bonds is 3. The maximum Gasteiger partial charge on any atom is 0.250 e. The molecule has 5 heteroatoms. The molecule has 2 heterocycles. The third-order valence-electron chi connectivity index (χ3n) is 5.36. The van der Waals surface area contributed by atoms with Crippen molar-refractivity contribution in [3.63, 3.8) is 0 Å². The molecule has 2 aromatic rings. The molecule has 1 unspecified atom stereocenters. The average Bonchev–Trinajstić information content (AvgIpc) is 3.34. The fraction of sp³-hybridized carbons (Fsp3) is 0.333. The second kappa shape index (κ2) is 6.72. The van der Waals surface area contributed by atoms with Crippen molar-refractivity contribution < 1.29 is 9.53 Å². The van der Waals surface area contributed by atoms with Gasteiger partial charge >= 0.3 is 0 Å². The van der Waals surface area contributed by atoms with E-state index in [-0.39, 0.29) is 11.9 Å². The minimum atomic E-state index is -0.310. The Morgan fingerprint density at radius 3 is 2.73 bits per heavy atom. The van der Waals surface area contributed by atoms with Crippen molar-refractivity contribution in [2.24, 2.45) is 0 Å². The van der Waals surface area contributed by atoms with E-state index in [1.807, 2.05) is 41.3 Å². The van der Waals surface area contributed by atoms with Gasteiger partial charge in [0, 0.05) is 18.8 Å². The number of benzene rings is 2. The fourth-order valence-corrected chi connectivity index (χ4v) is 4.03. The van der Waals surface area contributed by atoms with E-state index in [9.17, 15) is 10.1 Å². The Morgan fingerprint density at radius 2 is 2.00 bits per heavy atom. The predicted molar refractivity (Wildman–Crippen MR) is 99.8 cm³/mol. The molecule has 0 spiro atoms. The molecule has 1 atom stereocenters. The highest BCUT2D eigenvalue weighted by Gasteiger charge is 2.36. The summed E-state index contributed by atoms with van der Waals surface area (Å²) in [6.07, 6.45) is 4.66. The van der Waals surface area contributed by atoms with Gasteiger partial charge in [-0.2, -0.15) is 5.26 Å². The van der Waals surface area contributed by atoms with Gasteiger partial charge in [-0.1, -0.05) is 24.3 Å². The molecule has 0 aromatic heterocycles. The number of amides is 1. The Kier molecular flexibility index (Phi) is 4.26. The van der Waals surface area contributed by atoms with Crippen LogP contribution in [-0.4, -0.2) is 37.0 Å². The van der Waals surface area contributed by atoms with Crippen LogP contribution in [0.3, 0.4) is 0 Å². The van der Waals surface area contributed by atoms with Gasteiger partial charge in [0.15, 0.2) is 6.19 Å². The lowest BCUT2D eigenvalue weighted by molar-refractivity contribution is -0.121. The number of anilines is 1. The summed E-state index contributed by atoms with van der Waals surface area (Å²) in [5.74, 6) is 0.880. The Labute approximate surface area is 153 Å². The molecule has 0 N–H and O–H groups in total. The number of hydrogen-bond donors (Lipinski definition) is 0. The highest BCUT2D eigenvalue weighted by Crippen LogP contribution is 2.37. The number of carbonyl (C=O) groups excluding carboxylic acids is 1. The lowest BCUT2D eigenvalue weighted by atomic mass is 9.98. The zero-order chi connectivity index (χ0) is 18.1. The second-order valence-electron chi connectivity index (χ2n) is 6.72. The van der Waals surface area contributed by atoms with Crippen LogP contribution in [0.1, 0.15) is 18.4 Å². The third-order valence-corrected chi connectivity index (χ3v) is 5.36. The van der Waals surface area contributed by atoms with Crippen molar-refractivity contribution in [2.75, 3.05) is 25.1 Å². The van der Waals surface area contributed by atoms with E-state index in [0.717, 1.165) is 41.8 Å². The molecule has 1 fully saturated rings. The molecule has 0 bridgehead atoms. The first-order chi connectivity index (χ1) is 12.7. The third kappa shape index (κ3) is 2.68. The molecule has 2 aliphatic rings. The zero-order valence-electron chi connectivity index (χ0n) is 14.8. The van der Waals surface area contributed by atoms with Crippen molar-refractivity contribution in [3.8, 4) is 23.1 Å². The van der Waals surface area contributed by atoms with E-state index < -0.39 is 0 Å². The van der Waals surface area contributed by atoms with Gasteiger partial charge in [0.2, 0.25) is 5.91 Å². The van der Waals surface area contributed by atoms with Crippen LogP contribution < -0.4 is 9.64 Å². The SMILES string of the molecule is COc1ccc(-c2cccc3c2CCN3C(=O)C2CCCN2C#N)cc1. The number of ether oxygens (including phenoxy) is 1. The number of nitriles is 1. The summed E-state index contributed by atoms with van der Waals surface area (Å²) in [7, 11) is 1.66. The van der Waals surface area contributed by atoms with E-state index in [0.29, 0.717) is 13.1 Å². The number of nitrogens with zero attached hydrogens (tertiary/aromatic N) is 3. The topological polar surface area (TPSA) is 56.6 Å². The first-order valence-corrected chi connectivity index (χ1v) is 8.97. The summed E-state index contributed by atoms with van der Waals surface area (Å²) in [6, 6.07) is 13.8. The van der Waals surface area contributed by atoms with E-state index in [1.165, 1.54) is 5.56 Å². The molecule has 132 valence electrons. The molecular weight excluding hydrogens is 326 g/mol. The summed E-state index contributed by atoms with van der Waals surface area (Å²) in [5.41, 5.74) is 4.46. The normalized spacial score (nSPS) is 18.5. The number of hydrogen-bond acceptors (Lipinski definition) is 4. The summed E-state index contributed by atoms with van der Waals surface area (Å²) in [6.45, 7) is 1.36. The molecule has 0 radical (unpaired) electrons. The van der Waals surface area contributed by atoms with Crippen LogP contribution in [0.15, 0.2) is 42.5 Å². The van der Waals surface area contributed by atoms with Crippen molar-refractivity contribution in [1.29, 1.82) is 5.26 Å². The van der Waals surface area contributed by atoms with Crippen molar-refractivity contribution in [2.45, 2.75) is 25.3 Å². The van der Waals surface area contributed by atoms with Crippen LogP contribution >= 0.6 is 0 Å². The van der Waals surface area contributed by atoms with E-state index in [2.05, 4.69) is 12.3 Å². The lowest BCUT2D eigenvalue weighted by Gasteiger charge is -2.25. The number of likely N-dealkylation sites (tertiary alicyclic amines) is 1. The van der Waals surface area contributed by atoms with Crippen molar-refractivity contribution >= 4 is 11.6 Å². The standard InChI is InChI=1S/C21H21N3O2/c1-26-16-9-7-15(8-10-16)17-4-2-5-19-18(17)11-13-24(19)21(25)20-6-3-12-23(20)14-22/h2,4-5,7-10,20H,3,6,11-13H2,1H3. The Hall–Kier alpha value is -3.00. The second-order valence-corrected chi connectivity index (χ2v) is 6.72. The van der Waals surface area contributed by atoms with Crippen LogP contribution in [0.2, 0.25) is 0 Å². The largest absolute Gasteiger partial charge is 0.497 e. The van der Waals surface area contributed by atoms with Crippen molar-refractivity contribution in [1.82, 2.24) is 4.90 Å². The van der Waals surface area contributed by atoms with Gasteiger partial charge in [0.1, 0.15) is 11.8 Å². The molecule has 0 aliphatic carbocycles. The molecule has 1 saturated heterocycles. The van der Waals surface area contributed by atoms with E-state index in [1.54, 1.807) is 12.0 Å². The molecule has 4 rings (SSSR count). The number of fused-ring (bicyclic) bond motifs is 1. The van der Waals surface area contributed by atoms with E-state index in [4.69, 9.17) is 4.74 Å². The molecule has 1 amide bonds. The predicted octanol–water partition coefficient (Wildman–Crippen LogP) is 3.20. The fourth-order valence-electron chi connectivity index (χ4n) is 4.03.